The highest BCUT2D eigenvalue weighted by molar-refractivity contribution is 7.89. The van der Waals surface area contributed by atoms with E-state index in [1.54, 1.807) is 19.1 Å². The van der Waals surface area contributed by atoms with Crippen LogP contribution in [0.5, 0.6) is 0 Å². The first-order valence-electron chi connectivity index (χ1n) is 6.27. The van der Waals surface area contributed by atoms with Crippen LogP contribution in [0.2, 0.25) is 0 Å². The van der Waals surface area contributed by atoms with Crippen LogP contribution in [0.4, 0.5) is 0 Å². The molecule has 0 aliphatic carbocycles. The van der Waals surface area contributed by atoms with E-state index in [1.165, 1.54) is 17.4 Å². The highest BCUT2D eigenvalue weighted by atomic mass is 32.2. The summed E-state index contributed by atoms with van der Waals surface area (Å²) in [6.07, 6.45) is 0. The SMILES string of the molecule is Cc1cc(C(N)=S)ccc1S(=O)(=O)NC(C)c1cccs1. The lowest BCUT2D eigenvalue weighted by Crippen LogP contribution is -2.27. The quantitative estimate of drug-likeness (QED) is 0.821. The van der Waals surface area contributed by atoms with Crippen molar-refractivity contribution in [3.05, 3.63) is 51.7 Å². The second kappa shape index (κ2) is 6.23. The summed E-state index contributed by atoms with van der Waals surface area (Å²) >= 11 is 6.41. The van der Waals surface area contributed by atoms with Crippen LogP contribution in [-0.4, -0.2) is 13.4 Å². The first-order valence-corrected chi connectivity index (χ1v) is 9.04. The van der Waals surface area contributed by atoms with Crippen molar-refractivity contribution in [3.8, 4) is 0 Å². The second-order valence-electron chi connectivity index (χ2n) is 4.70. The summed E-state index contributed by atoms with van der Waals surface area (Å²) in [6.45, 7) is 3.55. The normalized spacial score (nSPS) is 13.0. The third-order valence-corrected chi connectivity index (χ3v) is 6.04. The van der Waals surface area contributed by atoms with E-state index in [1.807, 2.05) is 24.4 Å². The molecule has 0 fully saturated rings. The molecule has 112 valence electrons. The van der Waals surface area contributed by atoms with Gasteiger partial charge in [-0.3, -0.25) is 0 Å². The number of hydrogen-bond donors (Lipinski definition) is 2. The molecule has 0 bridgehead atoms. The summed E-state index contributed by atoms with van der Waals surface area (Å²) in [5, 5.41) is 1.92. The minimum Gasteiger partial charge on any atom is -0.389 e. The lowest BCUT2D eigenvalue weighted by molar-refractivity contribution is 0.568. The zero-order chi connectivity index (χ0) is 15.6. The van der Waals surface area contributed by atoms with Gasteiger partial charge in [-0.05, 0) is 43.0 Å². The van der Waals surface area contributed by atoms with E-state index in [0.29, 0.717) is 11.1 Å². The molecule has 2 aromatic rings. The molecule has 1 atom stereocenters. The average molecular weight is 340 g/mol. The maximum absolute atomic E-state index is 12.5. The zero-order valence-corrected chi connectivity index (χ0v) is 14.1. The first-order chi connectivity index (χ1) is 9.81. The van der Waals surface area contributed by atoms with Gasteiger partial charge in [-0.25, -0.2) is 13.1 Å². The average Bonchev–Trinajstić information content (AvgIpc) is 2.91. The smallest absolute Gasteiger partial charge is 0.241 e. The van der Waals surface area contributed by atoms with Crippen LogP contribution in [0.1, 0.15) is 29.0 Å². The van der Waals surface area contributed by atoms with Gasteiger partial charge in [-0.1, -0.05) is 24.4 Å². The maximum Gasteiger partial charge on any atom is 0.241 e. The number of nitrogens with one attached hydrogen (secondary N) is 1. The van der Waals surface area contributed by atoms with Gasteiger partial charge >= 0.3 is 0 Å². The van der Waals surface area contributed by atoms with Crippen LogP contribution < -0.4 is 10.5 Å². The standard InChI is InChI=1S/C14H16N2O2S3/c1-9-8-11(14(15)19)5-6-13(9)21(17,18)16-10(2)12-4-3-7-20-12/h3-8,10,16H,1-2H3,(H2,15,19). The minimum absolute atomic E-state index is 0.242. The number of benzene rings is 1. The molecule has 1 unspecified atom stereocenters. The Labute approximate surface area is 134 Å². The van der Waals surface area contributed by atoms with Gasteiger partial charge in [0.15, 0.2) is 0 Å². The zero-order valence-electron chi connectivity index (χ0n) is 11.7. The molecule has 2 rings (SSSR count). The summed E-state index contributed by atoms with van der Waals surface area (Å²) < 4.78 is 27.6. The van der Waals surface area contributed by atoms with Crippen LogP contribution in [-0.2, 0) is 10.0 Å². The Balaban J connectivity index is 2.29. The monoisotopic (exact) mass is 340 g/mol. The molecule has 0 radical (unpaired) electrons. The Morgan fingerprint density at radius 1 is 1.38 bits per heavy atom. The second-order valence-corrected chi connectivity index (χ2v) is 7.80. The van der Waals surface area contributed by atoms with E-state index in [9.17, 15) is 8.42 Å². The summed E-state index contributed by atoms with van der Waals surface area (Å²) in [5.74, 6) is 0. The van der Waals surface area contributed by atoms with Crippen LogP contribution >= 0.6 is 23.6 Å². The van der Waals surface area contributed by atoms with Gasteiger partial charge in [-0.15, -0.1) is 11.3 Å². The summed E-state index contributed by atoms with van der Waals surface area (Å²) in [5.41, 5.74) is 6.83. The Morgan fingerprint density at radius 3 is 2.62 bits per heavy atom. The molecule has 0 aliphatic heterocycles. The van der Waals surface area contributed by atoms with E-state index in [4.69, 9.17) is 18.0 Å². The lowest BCUT2D eigenvalue weighted by atomic mass is 10.1. The molecule has 1 aromatic carbocycles. The van der Waals surface area contributed by atoms with Crippen molar-refractivity contribution in [2.45, 2.75) is 24.8 Å². The third-order valence-electron chi connectivity index (χ3n) is 3.05. The van der Waals surface area contributed by atoms with Crippen molar-refractivity contribution in [3.63, 3.8) is 0 Å². The molecule has 1 aromatic heterocycles. The predicted octanol–water partition coefficient (Wildman–Crippen LogP) is 2.73. The number of sulfonamides is 1. The molecule has 1 heterocycles. The number of rotatable bonds is 5. The van der Waals surface area contributed by atoms with Crippen molar-refractivity contribution in [1.29, 1.82) is 0 Å². The number of hydrogen-bond acceptors (Lipinski definition) is 4. The highest BCUT2D eigenvalue weighted by Crippen LogP contribution is 2.23. The Morgan fingerprint density at radius 2 is 2.10 bits per heavy atom. The fourth-order valence-electron chi connectivity index (χ4n) is 2.00. The van der Waals surface area contributed by atoms with Gasteiger partial charge in [0.1, 0.15) is 4.99 Å². The molecule has 0 spiro atoms. The first kappa shape index (κ1) is 16.1. The van der Waals surface area contributed by atoms with Crippen molar-refractivity contribution in [1.82, 2.24) is 4.72 Å². The van der Waals surface area contributed by atoms with Crippen molar-refractivity contribution >= 4 is 38.6 Å². The molecule has 7 heteroatoms. The molecule has 0 saturated heterocycles. The van der Waals surface area contributed by atoms with E-state index >= 15 is 0 Å². The van der Waals surface area contributed by atoms with Crippen LogP contribution in [0.25, 0.3) is 0 Å². The topological polar surface area (TPSA) is 72.2 Å². The van der Waals surface area contributed by atoms with Gasteiger partial charge in [-0.2, -0.15) is 0 Å². The maximum atomic E-state index is 12.5. The fourth-order valence-corrected chi connectivity index (χ4v) is 4.38. The van der Waals surface area contributed by atoms with Crippen LogP contribution in [0.15, 0.2) is 40.6 Å². The molecule has 4 nitrogen and oxygen atoms in total. The molecule has 0 amide bonds. The Bertz CT molecular complexity index is 753. The van der Waals surface area contributed by atoms with E-state index < -0.39 is 10.0 Å². The third kappa shape index (κ3) is 3.68. The van der Waals surface area contributed by atoms with Crippen LogP contribution in [0.3, 0.4) is 0 Å². The molecule has 3 N–H and O–H groups in total. The molecular weight excluding hydrogens is 324 g/mol. The molecule has 0 aliphatic rings. The molecule has 0 saturated carbocycles. The molecule has 21 heavy (non-hydrogen) atoms. The van der Waals surface area contributed by atoms with Crippen molar-refractivity contribution in [2.75, 3.05) is 0 Å². The number of nitrogens with two attached hydrogens (primary N) is 1. The number of thiocarbonyl (C=S) groups is 1. The predicted molar refractivity (Wildman–Crippen MR) is 90.1 cm³/mol. The number of thiophene rings is 1. The minimum atomic E-state index is -3.59. The van der Waals surface area contributed by atoms with Gasteiger partial charge < -0.3 is 5.73 Å². The Hall–Kier alpha value is -1.28. The van der Waals surface area contributed by atoms with Crippen molar-refractivity contribution in [2.24, 2.45) is 5.73 Å². The summed E-state index contributed by atoms with van der Waals surface area (Å²) in [4.78, 5) is 1.46. The van der Waals surface area contributed by atoms with E-state index in [-0.39, 0.29) is 15.9 Å². The fraction of sp³-hybridized carbons (Fsp3) is 0.214. The Kier molecular flexibility index (Phi) is 4.77. The van der Waals surface area contributed by atoms with Gasteiger partial charge in [0.25, 0.3) is 0 Å². The summed E-state index contributed by atoms with van der Waals surface area (Å²) in [6, 6.07) is 8.37. The van der Waals surface area contributed by atoms with Gasteiger partial charge in [0.2, 0.25) is 10.0 Å². The highest BCUT2D eigenvalue weighted by Gasteiger charge is 2.21. The largest absolute Gasteiger partial charge is 0.389 e. The summed E-state index contributed by atoms with van der Waals surface area (Å²) in [7, 11) is -3.59. The molecular formula is C14H16N2O2S3. The van der Waals surface area contributed by atoms with E-state index in [0.717, 1.165) is 4.88 Å². The van der Waals surface area contributed by atoms with Gasteiger partial charge in [0, 0.05) is 10.4 Å². The lowest BCUT2D eigenvalue weighted by Gasteiger charge is -2.15. The van der Waals surface area contributed by atoms with E-state index in [2.05, 4.69) is 4.72 Å². The number of aryl methyl sites for hydroxylation is 1. The van der Waals surface area contributed by atoms with Crippen molar-refractivity contribution < 1.29 is 8.42 Å². The van der Waals surface area contributed by atoms with Gasteiger partial charge in [0.05, 0.1) is 10.9 Å². The van der Waals surface area contributed by atoms with Crippen LogP contribution in [0, 0.1) is 6.92 Å².